The molecule has 0 fully saturated rings. The Hall–Kier alpha value is -3.82. The van der Waals surface area contributed by atoms with E-state index in [9.17, 15) is 4.79 Å². The summed E-state index contributed by atoms with van der Waals surface area (Å²) in [5.74, 6) is 0.178. The molecule has 0 aliphatic carbocycles. The first-order valence-electron chi connectivity index (χ1n) is 13.3. The van der Waals surface area contributed by atoms with Crippen LogP contribution in [0.1, 0.15) is 53.9 Å². The van der Waals surface area contributed by atoms with Gasteiger partial charge >= 0.3 is 0 Å². The number of fused-ring (bicyclic) bond motifs is 1. The quantitative estimate of drug-likeness (QED) is 0.198. The Morgan fingerprint density at radius 1 is 0.789 bits per heavy atom. The molecule has 0 aliphatic rings. The minimum absolute atomic E-state index is 0.0446. The molecule has 4 aromatic carbocycles. The Balaban J connectivity index is 1.36. The fourth-order valence-corrected chi connectivity index (χ4v) is 5.65. The van der Waals surface area contributed by atoms with Crippen LogP contribution in [0.4, 0.5) is 0 Å². The van der Waals surface area contributed by atoms with Crippen LogP contribution < -0.4 is 5.32 Å². The smallest absolute Gasteiger partial charge is 0.220 e. The van der Waals surface area contributed by atoms with Crippen molar-refractivity contribution in [3.05, 3.63) is 143 Å². The lowest BCUT2D eigenvalue weighted by Crippen LogP contribution is -2.27. The van der Waals surface area contributed by atoms with Gasteiger partial charge < -0.3 is 9.88 Å². The average molecular weight is 521 g/mol. The summed E-state index contributed by atoms with van der Waals surface area (Å²) < 4.78 is 2.25. The van der Waals surface area contributed by atoms with Gasteiger partial charge in [-0.15, -0.1) is 0 Å². The van der Waals surface area contributed by atoms with Crippen LogP contribution in [-0.2, 0) is 11.3 Å². The zero-order valence-electron chi connectivity index (χ0n) is 21.7. The molecule has 0 spiro atoms. The summed E-state index contributed by atoms with van der Waals surface area (Å²) in [4.78, 5) is 13.4. The highest BCUT2D eigenvalue weighted by atomic mass is 35.5. The van der Waals surface area contributed by atoms with E-state index in [0.717, 1.165) is 24.1 Å². The number of aryl methyl sites for hydroxylation is 1. The van der Waals surface area contributed by atoms with Crippen molar-refractivity contribution in [2.45, 2.75) is 38.1 Å². The summed E-state index contributed by atoms with van der Waals surface area (Å²) in [5.41, 5.74) is 5.92. The molecule has 3 nitrogen and oxygen atoms in total. The van der Waals surface area contributed by atoms with Gasteiger partial charge in [0, 0.05) is 53.5 Å². The number of nitrogens with zero attached hydrogens (tertiary/aromatic N) is 1. The van der Waals surface area contributed by atoms with E-state index in [4.69, 9.17) is 11.6 Å². The number of hydrogen-bond acceptors (Lipinski definition) is 1. The van der Waals surface area contributed by atoms with Crippen LogP contribution in [0.2, 0.25) is 5.02 Å². The van der Waals surface area contributed by atoms with Gasteiger partial charge in [0.1, 0.15) is 0 Å². The first-order chi connectivity index (χ1) is 18.6. The second-order valence-corrected chi connectivity index (χ2v) is 10.1. The monoisotopic (exact) mass is 520 g/mol. The third-order valence-electron chi connectivity index (χ3n) is 7.34. The summed E-state index contributed by atoms with van der Waals surface area (Å²) in [6.07, 6.45) is 3.39. The van der Waals surface area contributed by atoms with Crippen molar-refractivity contribution >= 4 is 28.4 Å². The molecule has 0 saturated carbocycles. The number of amides is 1. The summed E-state index contributed by atoms with van der Waals surface area (Å²) in [6, 6.07) is 37.4. The fourth-order valence-electron chi connectivity index (χ4n) is 5.46. The van der Waals surface area contributed by atoms with E-state index < -0.39 is 0 Å². The van der Waals surface area contributed by atoms with Crippen LogP contribution in [-0.4, -0.2) is 17.0 Å². The topological polar surface area (TPSA) is 34.0 Å². The zero-order valence-corrected chi connectivity index (χ0v) is 22.4. The van der Waals surface area contributed by atoms with E-state index in [0.29, 0.717) is 18.0 Å². The first kappa shape index (κ1) is 25.8. The number of nitrogens with one attached hydrogen (secondary N) is 1. The molecule has 0 saturated heterocycles. The van der Waals surface area contributed by atoms with Crippen LogP contribution in [0, 0.1) is 0 Å². The van der Waals surface area contributed by atoms with Crippen LogP contribution in [0.15, 0.2) is 115 Å². The standard InChI is InChI=1S/C34H33ClN2O/c1-2-37-24-32(30-18-9-10-19-33(30)37)31(27-16-11-17-28(35)22-27)23-34(38)36-21-20-29(25-12-5-3-6-13-25)26-14-7-4-8-15-26/h3-19,22,24,29,31H,2,20-21,23H2,1H3,(H,36,38). The Bertz CT molecular complexity index is 1450. The third kappa shape index (κ3) is 5.84. The van der Waals surface area contributed by atoms with Crippen molar-refractivity contribution < 1.29 is 4.79 Å². The molecule has 0 aliphatic heterocycles. The van der Waals surface area contributed by atoms with E-state index in [1.165, 1.54) is 22.0 Å². The number of para-hydroxylation sites is 1. The maximum atomic E-state index is 13.4. The number of benzene rings is 4. The SMILES string of the molecule is CCn1cc(C(CC(=O)NCCC(c2ccccc2)c2ccccc2)c2cccc(Cl)c2)c2ccccc21. The molecule has 38 heavy (non-hydrogen) atoms. The average Bonchev–Trinajstić information content (AvgIpc) is 3.33. The number of hydrogen-bond donors (Lipinski definition) is 1. The molecule has 1 unspecified atom stereocenters. The van der Waals surface area contributed by atoms with Gasteiger partial charge in [0.05, 0.1) is 0 Å². The highest BCUT2D eigenvalue weighted by molar-refractivity contribution is 6.30. The van der Waals surface area contributed by atoms with Crippen molar-refractivity contribution in [3.8, 4) is 0 Å². The largest absolute Gasteiger partial charge is 0.356 e. The van der Waals surface area contributed by atoms with Crippen molar-refractivity contribution in [2.24, 2.45) is 0 Å². The lowest BCUT2D eigenvalue weighted by molar-refractivity contribution is -0.121. The molecule has 1 aromatic heterocycles. The van der Waals surface area contributed by atoms with E-state index in [1.54, 1.807) is 0 Å². The predicted octanol–water partition coefficient (Wildman–Crippen LogP) is 8.18. The minimum atomic E-state index is -0.0922. The van der Waals surface area contributed by atoms with E-state index in [2.05, 4.69) is 102 Å². The van der Waals surface area contributed by atoms with Crippen LogP contribution in [0.3, 0.4) is 0 Å². The Labute approximate surface area is 230 Å². The third-order valence-corrected chi connectivity index (χ3v) is 7.57. The van der Waals surface area contributed by atoms with Gasteiger partial charge in [-0.3, -0.25) is 4.79 Å². The number of aromatic nitrogens is 1. The van der Waals surface area contributed by atoms with E-state index in [1.807, 2.05) is 30.3 Å². The zero-order chi connectivity index (χ0) is 26.3. The van der Waals surface area contributed by atoms with Gasteiger partial charge in [0.15, 0.2) is 0 Å². The maximum absolute atomic E-state index is 13.4. The summed E-state index contributed by atoms with van der Waals surface area (Å²) in [6.45, 7) is 3.62. The lowest BCUT2D eigenvalue weighted by atomic mass is 9.87. The van der Waals surface area contributed by atoms with E-state index in [-0.39, 0.29) is 17.7 Å². The molecule has 0 radical (unpaired) electrons. The summed E-state index contributed by atoms with van der Waals surface area (Å²) in [5, 5.41) is 5.09. The normalized spacial score (nSPS) is 12.1. The Morgan fingerprint density at radius 2 is 1.42 bits per heavy atom. The number of halogens is 1. The molecule has 192 valence electrons. The lowest BCUT2D eigenvalue weighted by Gasteiger charge is -2.20. The van der Waals surface area contributed by atoms with Gasteiger partial charge in [-0.25, -0.2) is 0 Å². The van der Waals surface area contributed by atoms with Gasteiger partial charge in [-0.1, -0.05) is 103 Å². The molecule has 1 N–H and O–H groups in total. The van der Waals surface area contributed by atoms with E-state index >= 15 is 0 Å². The second kappa shape index (κ2) is 12.1. The maximum Gasteiger partial charge on any atom is 0.220 e. The van der Waals surface area contributed by atoms with Gasteiger partial charge in [-0.2, -0.15) is 0 Å². The predicted molar refractivity (Wildman–Crippen MR) is 158 cm³/mol. The fraction of sp³-hybridized carbons (Fsp3) is 0.206. The number of carbonyl (C=O) groups excluding carboxylic acids is 1. The summed E-state index contributed by atoms with van der Waals surface area (Å²) >= 11 is 6.39. The van der Waals surface area contributed by atoms with Crippen molar-refractivity contribution in [1.82, 2.24) is 9.88 Å². The summed E-state index contributed by atoms with van der Waals surface area (Å²) in [7, 11) is 0. The number of rotatable bonds is 10. The van der Waals surface area contributed by atoms with Crippen LogP contribution >= 0.6 is 11.6 Å². The Kier molecular flexibility index (Phi) is 8.25. The van der Waals surface area contributed by atoms with Crippen molar-refractivity contribution in [2.75, 3.05) is 6.54 Å². The molecule has 5 aromatic rings. The molecule has 1 heterocycles. The molecule has 0 bridgehead atoms. The molecule has 4 heteroatoms. The van der Waals surface area contributed by atoms with Crippen molar-refractivity contribution in [1.29, 1.82) is 0 Å². The molecule has 1 atom stereocenters. The number of carbonyl (C=O) groups is 1. The second-order valence-electron chi connectivity index (χ2n) is 9.71. The molecule has 1 amide bonds. The van der Waals surface area contributed by atoms with Gasteiger partial charge in [-0.05, 0) is 53.8 Å². The van der Waals surface area contributed by atoms with Crippen LogP contribution in [0.25, 0.3) is 10.9 Å². The molecular formula is C34H33ClN2O. The highest BCUT2D eigenvalue weighted by Gasteiger charge is 2.23. The van der Waals surface area contributed by atoms with Gasteiger partial charge in [0.25, 0.3) is 0 Å². The molecular weight excluding hydrogens is 488 g/mol. The van der Waals surface area contributed by atoms with Crippen LogP contribution in [0.5, 0.6) is 0 Å². The Morgan fingerprint density at radius 3 is 2.08 bits per heavy atom. The minimum Gasteiger partial charge on any atom is -0.356 e. The van der Waals surface area contributed by atoms with Crippen molar-refractivity contribution in [3.63, 3.8) is 0 Å². The highest BCUT2D eigenvalue weighted by Crippen LogP contribution is 2.36. The van der Waals surface area contributed by atoms with Gasteiger partial charge in [0.2, 0.25) is 5.91 Å². The molecule has 5 rings (SSSR count). The first-order valence-corrected chi connectivity index (χ1v) is 13.7.